The van der Waals surface area contributed by atoms with Crippen molar-refractivity contribution in [3.63, 3.8) is 0 Å². The topological polar surface area (TPSA) is 0 Å². The van der Waals surface area contributed by atoms with Gasteiger partial charge in [0.1, 0.15) is 0 Å². The molecule has 232 valence electrons. The van der Waals surface area contributed by atoms with Crippen molar-refractivity contribution >= 4 is 48.1 Å². The summed E-state index contributed by atoms with van der Waals surface area (Å²) in [7, 11) is 11.0. The van der Waals surface area contributed by atoms with Crippen LogP contribution in [0, 0.1) is 13.8 Å². The van der Waals surface area contributed by atoms with Gasteiger partial charge in [0, 0.05) is 9.52 Å². The molecule has 0 aliphatic heterocycles. The van der Waals surface area contributed by atoms with Gasteiger partial charge in [-0.2, -0.15) is 12.1 Å². The summed E-state index contributed by atoms with van der Waals surface area (Å²) in [5.74, 6) is 0.573. The molecule has 0 nitrogen and oxygen atoms in total. The fraction of sp³-hybridized carbons (Fsp3) is 0.268. The normalized spacial score (nSPS) is 10.8. The molecule has 45 heavy (non-hydrogen) atoms. The number of benzene rings is 4. The molecule has 2 radical (unpaired) electrons. The second-order valence-corrected chi connectivity index (χ2v) is 17.5. The van der Waals surface area contributed by atoms with E-state index in [9.17, 15) is 0 Å². The van der Waals surface area contributed by atoms with Crippen molar-refractivity contribution in [2.75, 3.05) is 0 Å². The molecule has 0 saturated heterocycles. The molecule has 6 aromatic carbocycles. The first-order valence-electron chi connectivity index (χ1n) is 15.5. The fourth-order valence-corrected chi connectivity index (χ4v) is 5.45. The number of hydrogen-bond donors (Lipinski definition) is 0. The second-order valence-electron chi connectivity index (χ2n) is 12.8. The van der Waals surface area contributed by atoms with Crippen LogP contribution in [0.4, 0.5) is 0 Å². The molecule has 0 aromatic heterocycles. The Morgan fingerprint density at radius 3 is 1.84 bits per heavy atom. The number of rotatable bonds is 3. The van der Waals surface area contributed by atoms with E-state index in [4.69, 9.17) is 17.0 Å². The molecule has 0 N–H and O–H groups in total. The molecular weight excluding hydrogens is 683 g/mol. The molecule has 0 atom stereocenters. The Balaban J connectivity index is 0.000000214. The standard InChI is InChI=1S/C22H25.C17H15.C2H6Si.2ClH.Zr/c1-15(2)18-13-17-7-6-8-20(21(17)14-18)16-9-11-19(12-10-16)22(3,4)5;1-12-10-16-13(2)8-9-15(17(16)11-12)14-6-4-3-5-7-14;1-3-2;;;/h6-15H,1-5H3;3-11H,1-2H3;1-2H3;2*1H;/q2*-1;;;;+4/p-2. The van der Waals surface area contributed by atoms with Gasteiger partial charge in [-0.25, -0.2) is 0 Å². The van der Waals surface area contributed by atoms with Crippen LogP contribution in [0.5, 0.6) is 0 Å². The third-order valence-electron chi connectivity index (χ3n) is 7.84. The van der Waals surface area contributed by atoms with Gasteiger partial charge in [-0.1, -0.05) is 139 Å². The third-order valence-corrected chi connectivity index (χ3v) is 7.84. The zero-order valence-electron chi connectivity index (χ0n) is 28.2. The average molecular weight is 729 g/mol. The number of halogens is 2. The first-order chi connectivity index (χ1) is 21.4. The Kier molecular flexibility index (Phi) is 14.6. The van der Waals surface area contributed by atoms with Crippen LogP contribution in [0.1, 0.15) is 62.8 Å². The maximum atomic E-state index is 4.93. The molecule has 0 aliphatic rings. The Morgan fingerprint density at radius 1 is 0.689 bits per heavy atom. The molecule has 0 bridgehead atoms. The van der Waals surface area contributed by atoms with Gasteiger partial charge in [0.05, 0.1) is 0 Å². The van der Waals surface area contributed by atoms with Gasteiger partial charge in [0.2, 0.25) is 0 Å². The van der Waals surface area contributed by atoms with Crippen LogP contribution in [0.2, 0.25) is 13.1 Å². The van der Waals surface area contributed by atoms with Crippen LogP contribution < -0.4 is 0 Å². The van der Waals surface area contributed by atoms with Crippen molar-refractivity contribution < 1.29 is 20.8 Å². The summed E-state index contributed by atoms with van der Waals surface area (Å²) in [5, 5.41) is 5.47. The predicted octanol–water partition coefficient (Wildman–Crippen LogP) is 13.7. The Hall–Kier alpha value is -2.22. The summed E-state index contributed by atoms with van der Waals surface area (Å²) in [5.41, 5.74) is 11.0. The van der Waals surface area contributed by atoms with Gasteiger partial charge in [0.25, 0.3) is 0 Å². The van der Waals surface area contributed by atoms with Gasteiger partial charge >= 0.3 is 37.9 Å². The molecule has 0 unspecified atom stereocenters. The van der Waals surface area contributed by atoms with E-state index < -0.39 is 20.8 Å². The zero-order valence-corrected chi connectivity index (χ0v) is 33.2. The Labute approximate surface area is 293 Å². The molecule has 0 heterocycles. The van der Waals surface area contributed by atoms with E-state index >= 15 is 0 Å². The van der Waals surface area contributed by atoms with Crippen molar-refractivity contribution in [2.24, 2.45) is 0 Å². The van der Waals surface area contributed by atoms with Crippen LogP contribution in [0.25, 0.3) is 43.8 Å². The minimum atomic E-state index is -0.826. The molecule has 0 saturated carbocycles. The van der Waals surface area contributed by atoms with Crippen molar-refractivity contribution in [1.82, 2.24) is 0 Å². The number of aryl methyl sites for hydroxylation is 2. The van der Waals surface area contributed by atoms with Crippen LogP contribution in [0.15, 0.2) is 109 Å². The van der Waals surface area contributed by atoms with E-state index in [2.05, 4.69) is 171 Å². The SMILES string of the molecule is CC(C)c1cc2c(-c3ccc(C(C)(C)C)cc3)cccc2[cH-]1.C[Si]C.Cc1cc2c(-c3ccccc3)ccc(C)c2[cH-]1.[Cl][Zr+2][Cl]. The summed E-state index contributed by atoms with van der Waals surface area (Å²) >= 11 is -0.826. The molecule has 0 spiro atoms. The van der Waals surface area contributed by atoms with E-state index in [1.54, 1.807) is 0 Å². The first-order valence-corrected chi connectivity index (χ1v) is 23.8. The first kappa shape index (κ1) is 37.2. The number of hydrogen-bond acceptors (Lipinski definition) is 0. The summed E-state index contributed by atoms with van der Waals surface area (Å²) in [6.45, 7) is 19.9. The molecule has 0 amide bonds. The molecule has 6 rings (SSSR count). The van der Waals surface area contributed by atoms with Gasteiger partial charge in [-0.3, -0.25) is 0 Å². The molecule has 0 fully saturated rings. The van der Waals surface area contributed by atoms with Gasteiger partial charge in [0.15, 0.2) is 0 Å². The molecular formula is C41H46Cl2SiZr. The van der Waals surface area contributed by atoms with E-state index in [1.165, 1.54) is 66.1 Å². The Morgan fingerprint density at radius 2 is 1.27 bits per heavy atom. The number of fused-ring (bicyclic) bond motifs is 2. The maximum absolute atomic E-state index is 4.93. The van der Waals surface area contributed by atoms with Gasteiger partial charge in [-0.05, 0) is 28.0 Å². The predicted molar refractivity (Wildman–Crippen MR) is 201 cm³/mol. The van der Waals surface area contributed by atoms with E-state index in [0.29, 0.717) is 5.92 Å². The molecule has 6 aromatic rings. The monoisotopic (exact) mass is 726 g/mol. The van der Waals surface area contributed by atoms with E-state index in [1.807, 2.05) is 0 Å². The van der Waals surface area contributed by atoms with Gasteiger partial charge < -0.3 is 0 Å². The summed E-state index contributed by atoms with van der Waals surface area (Å²) < 4.78 is 0. The summed E-state index contributed by atoms with van der Waals surface area (Å²) in [6, 6.07) is 39.9. The van der Waals surface area contributed by atoms with Crippen LogP contribution in [-0.2, 0) is 26.3 Å². The van der Waals surface area contributed by atoms with Crippen molar-refractivity contribution in [3.05, 3.63) is 131 Å². The van der Waals surface area contributed by atoms with Gasteiger partial charge in [-0.15, -0.1) is 68.6 Å². The Bertz CT molecular complexity index is 1750. The zero-order chi connectivity index (χ0) is 33.1. The summed E-state index contributed by atoms with van der Waals surface area (Å²) in [6.07, 6.45) is 0. The molecule has 0 aliphatic carbocycles. The van der Waals surface area contributed by atoms with Crippen molar-refractivity contribution in [3.8, 4) is 22.3 Å². The van der Waals surface area contributed by atoms with Crippen molar-refractivity contribution in [1.29, 1.82) is 0 Å². The fourth-order valence-electron chi connectivity index (χ4n) is 5.45. The summed E-state index contributed by atoms with van der Waals surface area (Å²) in [4.78, 5) is 0. The quantitative estimate of drug-likeness (QED) is 0.126. The van der Waals surface area contributed by atoms with Crippen molar-refractivity contribution in [2.45, 2.75) is 72.9 Å². The minimum absolute atomic E-state index is 0.204. The van der Waals surface area contributed by atoms with Crippen LogP contribution in [0.3, 0.4) is 0 Å². The van der Waals surface area contributed by atoms with Crippen LogP contribution >= 0.6 is 17.0 Å². The third kappa shape index (κ3) is 10.1. The van der Waals surface area contributed by atoms with Crippen LogP contribution in [-0.4, -0.2) is 9.52 Å². The average Bonchev–Trinajstić information content (AvgIpc) is 3.63. The van der Waals surface area contributed by atoms with E-state index in [0.717, 1.165) is 9.52 Å². The molecule has 4 heteroatoms. The van der Waals surface area contributed by atoms with E-state index in [-0.39, 0.29) is 5.41 Å². The second kappa shape index (κ2) is 17.6.